The lowest BCUT2D eigenvalue weighted by Crippen LogP contribution is -2.37. The molecule has 1 aliphatic rings. The molecule has 1 unspecified atom stereocenters. The summed E-state index contributed by atoms with van der Waals surface area (Å²) in [5.74, 6) is 0.0141. The minimum Gasteiger partial charge on any atom is -0.314 e. The molecule has 3 rings (SSSR count). The zero-order valence-electron chi connectivity index (χ0n) is 12.4. The van der Waals surface area contributed by atoms with E-state index in [0.29, 0.717) is 6.42 Å². The zero-order valence-corrected chi connectivity index (χ0v) is 12.4. The van der Waals surface area contributed by atoms with Gasteiger partial charge in [-0.3, -0.25) is 14.9 Å². The Bertz CT molecular complexity index is 772. The van der Waals surface area contributed by atoms with Crippen molar-refractivity contribution in [3.8, 4) is 0 Å². The highest BCUT2D eigenvalue weighted by atomic mass is 16.6. The second kappa shape index (κ2) is 4.94. The number of carbonyl (C=O) groups is 1. The molecule has 0 N–H and O–H groups in total. The Labute approximate surface area is 128 Å². The fraction of sp³-hybridized carbons (Fsp3) is 0.235. The minimum absolute atomic E-state index is 0.0141. The molecule has 0 radical (unpaired) electrons. The lowest BCUT2D eigenvalue weighted by atomic mass is 9.78. The SMILES string of the molecule is CN1C(=O)C(C)(Cc2cccc([N+](=O)[O-])c2)c2ccccc21. The van der Waals surface area contributed by atoms with Gasteiger partial charge in [0.1, 0.15) is 0 Å². The fourth-order valence-corrected chi connectivity index (χ4v) is 3.19. The number of para-hydroxylation sites is 1. The Morgan fingerprint density at radius 3 is 2.64 bits per heavy atom. The predicted octanol–water partition coefficient (Wildman–Crippen LogP) is 3.07. The van der Waals surface area contributed by atoms with Gasteiger partial charge < -0.3 is 4.90 Å². The largest absolute Gasteiger partial charge is 0.314 e. The van der Waals surface area contributed by atoms with Crippen molar-refractivity contribution in [1.82, 2.24) is 0 Å². The number of non-ortho nitro benzene ring substituents is 1. The highest BCUT2D eigenvalue weighted by molar-refractivity contribution is 6.07. The lowest BCUT2D eigenvalue weighted by molar-refractivity contribution is -0.384. The van der Waals surface area contributed by atoms with Gasteiger partial charge in [0.25, 0.3) is 5.69 Å². The first-order valence-electron chi connectivity index (χ1n) is 7.04. The van der Waals surface area contributed by atoms with Crippen LogP contribution in [0.1, 0.15) is 18.1 Å². The third kappa shape index (κ3) is 2.06. The molecule has 0 aliphatic carbocycles. The van der Waals surface area contributed by atoms with Crippen LogP contribution in [0.15, 0.2) is 48.5 Å². The average Bonchev–Trinajstić information content (AvgIpc) is 2.70. The van der Waals surface area contributed by atoms with Crippen LogP contribution in [0.25, 0.3) is 0 Å². The number of hydrogen-bond donors (Lipinski definition) is 0. The summed E-state index contributed by atoms with van der Waals surface area (Å²) in [6.07, 6.45) is 0.439. The Balaban J connectivity index is 2.03. The van der Waals surface area contributed by atoms with Crippen LogP contribution < -0.4 is 4.90 Å². The molecule has 0 saturated heterocycles. The summed E-state index contributed by atoms with van der Waals surface area (Å²) in [5.41, 5.74) is 2.01. The second-order valence-electron chi connectivity index (χ2n) is 5.82. The molecule has 2 aromatic carbocycles. The van der Waals surface area contributed by atoms with Crippen LogP contribution in [-0.4, -0.2) is 17.9 Å². The number of anilines is 1. The molecular formula is C17H16N2O3. The van der Waals surface area contributed by atoms with Gasteiger partial charge >= 0.3 is 0 Å². The van der Waals surface area contributed by atoms with E-state index >= 15 is 0 Å². The number of likely N-dealkylation sites (N-methyl/N-ethyl adjacent to an activating group) is 1. The van der Waals surface area contributed by atoms with E-state index in [-0.39, 0.29) is 11.6 Å². The Morgan fingerprint density at radius 2 is 1.91 bits per heavy atom. The number of benzene rings is 2. The van der Waals surface area contributed by atoms with Crippen LogP contribution >= 0.6 is 0 Å². The van der Waals surface area contributed by atoms with Gasteiger partial charge in [0, 0.05) is 24.9 Å². The molecule has 2 aromatic rings. The number of amides is 1. The summed E-state index contributed by atoms with van der Waals surface area (Å²) in [4.78, 5) is 24.9. The van der Waals surface area contributed by atoms with Gasteiger partial charge in [0.05, 0.1) is 10.3 Å². The molecule has 1 aliphatic heterocycles. The lowest BCUT2D eigenvalue weighted by Gasteiger charge is -2.23. The van der Waals surface area contributed by atoms with E-state index in [0.717, 1.165) is 16.8 Å². The number of nitrogens with zero attached hydrogens (tertiary/aromatic N) is 2. The van der Waals surface area contributed by atoms with Crippen molar-refractivity contribution in [3.05, 3.63) is 69.8 Å². The molecule has 0 aromatic heterocycles. The summed E-state index contributed by atoms with van der Waals surface area (Å²) in [7, 11) is 1.76. The quantitative estimate of drug-likeness (QED) is 0.646. The molecule has 22 heavy (non-hydrogen) atoms. The third-order valence-corrected chi connectivity index (χ3v) is 4.32. The standard InChI is InChI=1S/C17H16N2O3/c1-17(11-12-6-5-7-13(10-12)19(21)22)14-8-3-4-9-15(14)18(2)16(17)20/h3-10H,11H2,1-2H3. The van der Waals surface area contributed by atoms with E-state index in [9.17, 15) is 14.9 Å². The maximum absolute atomic E-state index is 12.7. The van der Waals surface area contributed by atoms with E-state index in [1.807, 2.05) is 37.3 Å². The van der Waals surface area contributed by atoms with Crippen molar-refractivity contribution in [1.29, 1.82) is 0 Å². The molecule has 0 spiro atoms. The molecule has 5 nitrogen and oxygen atoms in total. The van der Waals surface area contributed by atoms with Crippen molar-refractivity contribution in [2.75, 3.05) is 11.9 Å². The van der Waals surface area contributed by atoms with Gasteiger partial charge in [-0.2, -0.15) is 0 Å². The molecule has 1 atom stereocenters. The number of rotatable bonds is 3. The molecular weight excluding hydrogens is 280 g/mol. The molecule has 0 bridgehead atoms. The zero-order chi connectivity index (χ0) is 15.9. The van der Waals surface area contributed by atoms with E-state index in [1.54, 1.807) is 24.1 Å². The van der Waals surface area contributed by atoms with Crippen molar-refractivity contribution < 1.29 is 9.72 Å². The summed E-state index contributed by atoms with van der Waals surface area (Å²) in [6, 6.07) is 14.2. The van der Waals surface area contributed by atoms with Gasteiger partial charge in [0.2, 0.25) is 5.91 Å². The number of fused-ring (bicyclic) bond motifs is 1. The summed E-state index contributed by atoms with van der Waals surface area (Å²) < 4.78 is 0. The summed E-state index contributed by atoms with van der Waals surface area (Å²) in [6.45, 7) is 1.90. The first-order chi connectivity index (χ1) is 10.4. The van der Waals surface area contributed by atoms with Crippen LogP contribution in [0.5, 0.6) is 0 Å². The average molecular weight is 296 g/mol. The van der Waals surface area contributed by atoms with Crippen LogP contribution in [0.4, 0.5) is 11.4 Å². The molecule has 0 saturated carbocycles. The molecule has 0 fully saturated rings. The monoisotopic (exact) mass is 296 g/mol. The number of carbonyl (C=O) groups excluding carboxylic acids is 1. The minimum atomic E-state index is -0.694. The Kier molecular flexibility index (Phi) is 3.20. The maximum Gasteiger partial charge on any atom is 0.269 e. The van der Waals surface area contributed by atoms with Crippen LogP contribution in [0.2, 0.25) is 0 Å². The predicted molar refractivity (Wildman–Crippen MR) is 84.0 cm³/mol. The van der Waals surface area contributed by atoms with Gasteiger partial charge in [-0.25, -0.2) is 0 Å². The molecule has 5 heteroatoms. The van der Waals surface area contributed by atoms with Crippen LogP contribution in [0.3, 0.4) is 0 Å². The first-order valence-corrected chi connectivity index (χ1v) is 7.04. The first kappa shape index (κ1) is 14.3. The van der Waals surface area contributed by atoms with Crippen LogP contribution in [-0.2, 0) is 16.6 Å². The van der Waals surface area contributed by atoms with Gasteiger partial charge in [0.15, 0.2) is 0 Å². The number of hydrogen-bond acceptors (Lipinski definition) is 3. The highest BCUT2D eigenvalue weighted by Crippen LogP contribution is 2.43. The van der Waals surface area contributed by atoms with E-state index in [1.165, 1.54) is 6.07 Å². The second-order valence-corrected chi connectivity index (χ2v) is 5.82. The van der Waals surface area contributed by atoms with Gasteiger partial charge in [-0.1, -0.05) is 30.3 Å². The summed E-state index contributed by atoms with van der Waals surface area (Å²) >= 11 is 0. The number of nitro groups is 1. The molecule has 1 heterocycles. The normalized spacial score (nSPS) is 20.1. The molecule has 1 amide bonds. The smallest absolute Gasteiger partial charge is 0.269 e. The van der Waals surface area contributed by atoms with Crippen molar-refractivity contribution in [3.63, 3.8) is 0 Å². The van der Waals surface area contributed by atoms with E-state index < -0.39 is 10.3 Å². The van der Waals surface area contributed by atoms with Crippen molar-refractivity contribution in [2.45, 2.75) is 18.8 Å². The highest BCUT2D eigenvalue weighted by Gasteiger charge is 2.45. The topological polar surface area (TPSA) is 63.5 Å². The fourth-order valence-electron chi connectivity index (χ4n) is 3.19. The maximum atomic E-state index is 12.7. The van der Waals surface area contributed by atoms with Crippen molar-refractivity contribution >= 4 is 17.3 Å². The van der Waals surface area contributed by atoms with Crippen LogP contribution in [0, 0.1) is 10.1 Å². The van der Waals surface area contributed by atoms with E-state index in [4.69, 9.17) is 0 Å². The molecule has 112 valence electrons. The Hall–Kier alpha value is -2.69. The van der Waals surface area contributed by atoms with Crippen molar-refractivity contribution in [2.24, 2.45) is 0 Å². The summed E-state index contributed by atoms with van der Waals surface area (Å²) in [5, 5.41) is 10.9. The van der Waals surface area contributed by atoms with Gasteiger partial charge in [-0.05, 0) is 30.5 Å². The Morgan fingerprint density at radius 1 is 1.18 bits per heavy atom. The third-order valence-electron chi connectivity index (χ3n) is 4.32. The number of nitro benzene ring substituents is 1. The van der Waals surface area contributed by atoms with Gasteiger partial charge in [-0.15, -0.1) is 0 Å². The van der Waals surface area contributed by atoms with E-state index in [2.05, 4.69) is 0 Å².